The molecule has 0 aromatic heterocycles. The predicted molar refractivity (Wildman–Crippen MR) is 116 cm³/mol. The summed E-state index contributed by atoms with van der Waals surface area (Å²) in [6.07, 6.45) is 1.71. The van der Waals surface area contributed by atoms with Crippen LogP contribution in [-0.4, -0.2) is 35.1 Å². The summed E-state index contributed by atoms with van der Waals surface area (Å²) < 4.78 is 8.51. The summed E-state index contributed by atoms with van der Waals surface area (Å²) in [7, 11) is -2.12. The van der Waals surface area contributed by atoms with E-state index < -0.39 is 14.3 Å². The van der Waals surface area contributed by atoms with Gasteiger partial charge in [0.2, 0.25) is 5.91 Å². The average molecular weight is 487 g/mol. The molecule has 0 N–H and O–H groups in total. The number of hydrogen-bond acceptors (Lipinski definition) is 3. The fourth-order valence-corrected chi connectivity index (χ4v) is 6.06. The minimum Gasteiger partial charge on any atom is -0.459 e. The van der Waals surface area contributed by atoms with Gasteiger partial charge in [-0.1, -0.05) is 86.8 Å². The Labute approximate surface area is 171 Å². The van der Waals surface area contributed by atoms with Crippen molar-refractivity contribution in [2.75, 3.05) is 4.43 Å². The fraction of sp³-hybridized carbons (Fsp3) is 0.600. The fourth-order valence-electron chi connectivity index (χ4n) is 3.20. The van der Waals surface area contributed by atoms with E-state index in [2.05, 4.69) is 56.5 Å². The second kappa shape index (κ2) is 8.42. The zero-order valence-corrected chi connectivity index (χ0v) is 19.6. The minimum atomic E-state index is -2.12. The van der Waals surface area contributed by atoms with Gasteiger partial charge in [0, 0.05) is 0 Å². The first kappa shape index (κ1) is 21.4. The molecule has 1 amide bonds. The number of benzene rings is 1. The van der Waals surface area contributed by atoms with E-state index in [4.69, 9.17) is 4.74 Å². The maximum Gasteiger partial charge on any atom is 0.329 e. The number of rotatable bonds is 7. The van der Waals surface area contributed by atoms with Crippen molar-refractivity contribution >= 4 is 42.7 Å². The zero-order chi connectivity index (χ0) is 19.5. The van der Waals surface area contributed by atoms with Gasteiger partial charge in [0.25, 0.3) is 0 Å². The summed E-state index contributed by atoms with van der Waals surface area (Å²) in [6, 6.07) is 9.27. The number of alkyl halides is 1. The molecule has 1 saturated heterocycles. The first-order chi connectivity index (χ1) is 12.1. The molecule has 0 bridgehead atoms. The molecule has 4 nitrogen and oxygen atoms in total. The predicted octanol–water partition coefficient (Wildman–Crippen LogP) is 4.78. The summed E-state index contributed by atoms with van der Waals surface area (Å²) in [6.45, 7) is 11.1. The van der Waals surface area contributed by atoms with Crippen LogP contribution in [-0.2, 0) is 20.9 Å². The third-order valence-corrected chi connectivity index (χ3v) is 11.9. The van der Waals surface area contributed by atoms with Crippen LogP contribution >= 0.6 is 22.6 Å². The molecule has 6 heteroatoms. The smallest absolute Gasteiger partial charge is 0.329 e. The first-order valence-corrected chi connectivity index (χ1v) is 13.7. The highest BCUT2D eigenvalue weighted by atomic mass is 127. The SMILES string of the molecule is CC(C)(C)[Si](C)(C)N1C(=O)[C@H](CCCI)C1C(=O)OCc1ccccc1. The number of ether oxygens (including phenoxy) is 1. The van der Waals surface area contributed by atoms with Gasteiger partial charge in [0.05, 0.1) is 5.92 Å². The molecule has 1 aliphatic heterocycles. The lowest BCUT2D eigenvalue weighted by molar-refractivity contribution is -0.169. The normalized spacial score (nSPS) is 20.7. The standard InChI is InChI=1S/C20H30INO3Si/c1-20(2,3)26(4,5)22-17(16(18(22)23)12-9-13-21)19(24)25-14-15-10-7-6-8-11-15/h6-8,10-11,16-17H,9,12-14H2,1-5H3/t16-,17?/m1/s1. The van der Waals surface area contributed by atoms with Crippen molar-refractivity contribution in [1.29, 1.82) is 0 Å². The first-order valence-electron chi connectivity index (χ1n) is 9.21. The molecule has 1 heterocycles. The average Bonchev–Trinajstić information content (AvgIpc) is 2.57. The van der Waals surface area contributed by atoms with Gasteiger partial charge in [-0.25, -0.2) is 4.79 Å². The van der Waals surface area contributed by atoms with E-state index >= 15 is 0 Å². The van der Waals surface area contributed by atoms with E-state index in [-0.39, 0.29) is 29.4 Å². The molecule has 1 unspecified atom stereocenters. The molecule has 1 aromatic carbocycles. The summed E-state index contributed by atoms with van der Waals surface area (Å²) in [5.41, 5.74) is 0.967. The third kappa shape index (κ3) is 4.32. The Morgan fingerprint density at radius 3 is 2.38 bits per heavy atom. The Morgan fingerprint density at radius 2 is 1.85 bits per heavy atom. The summed E-state index contributed by atoms with van der Waals surface area (Å²) >= 11 is 2.32. The Hall–Kier alpha value is -0.893. The van der Waals surface area contributed by atoms with Crippen molar-refractivity contribution in [3.05, 3.63) is 35.9 Å². The zero-order valence-electron chi connectivity index (χ0n) is 16.4. The summed E-state index contributed by atoms with van der Waals surface area (Å²) in [5.74, 6) is -0.331. The van der Waals surface area contributed by atoms with Gasteiger partial charge in [-0.3, -0.25) is 4.79 Å². The molecular weight excluding hydrogens is 457 g/mol. The van der Waals surface area contributed by atoms with Crippen LogP contribution in [0.3, 0.4) is 0 Å². The van der Waals surface area contributed by atoms with Gasteiger partial charge in [-0.2, -0.15) is 0 Å². The topological polar surface area (TPSA) is 46.6 Å². The van der Waals surface area contributed by atoms with E-state index in [1.54, 1.807) is 0 Å². The number of halogens is 1. The quantitative estimate of drug-likeness (QED) is 0.183. The van der Waals surface area contributed by atoms with Gasteiger partial charge in [0.1, 0.15) is 12.6 Å². The lowest BCUT2D eigenvalue weighted by Crippen LogP contribution is -2.74. The lowest BCUT2D eigenvalue weighted by Gasteiger charge is -2.57. The van der Waals surface area contributed by atoms with Crippen molar-refractivity contribution < 1.29 is 14.3 Å². The molecule has 144 valence electrons. The van der Waals surface area contributed by atoms with Gasteiger partial charge in [-0.15, -0.1) is 0 Å². The van der Waals surface area contributed by atoms with Crippen LogP contribution in [0.4, 0.5) is 0 Å². The Bertz CT molecular complexity index is 642. The molecule has 0 aliphatic carbocycles. The highest BCUT2D eigenvalue weighted by Gasteiger charge is 2.59. The van der Waals surface area contributed by atoms with E-state index in [9.17, 15) is 9.59 Å². The van der Waals surface area contributed by atoms with Crippen molar-refractivity contribution in [2.45, 2.75) is 64.4 Å². The van der Waals surface area contributed by atoms with Crippen LogP contribution in [0.5, 0.6) is 0 Å². The van der Waals surface area contributed by atoms with Crippen LogP contribution in [0.2, 0.25) is 18.1 Å². The van der Waals surface area contributed by atoms with Gasteiger partial charge < -0.3 is 9.30 Å². The number of nitrogens with zero attached hydrogens (tertiary/aromatic N) is 1. The monoisotopic (exact) mass is 487 g/mol. The van der Waals surface area contributed by atoms with Crippen molar-refractivity contribution in [2.24, 2.45) is 5.92 Å². The third-order valence-electron chi connectivity index (χ3n) is 5.77. The van der Waals surface area contributed by atoms with E-state index in [1.807, 2.05) is 34.9 Å². The van der Waals surface area contributed by atoms with Crippen molar-refractivity contribution in [3.8, 4) is 0 Å². The lowest BCUT2D eigenvalue weighted by atomic mass is 9.86. The van der Waals surface area contributed by atoms with Gasteiger partial charge in [0.15, 0.2) is 8.24 Å². The summed E-state index contributed by atoms with van der Waals surface area (Å²) in [5, 5.41) is -0.00511. The van der Waals surface area contributed by atoms with Crippen LogP contribution in [0.25, 0.3) is 0 Å². The van der Waals surface area contributed by atoms with Crippen LogP contribution in [0, 0.1) is 5.92 Å². The van der Waals surface area contributed by atoms with Crippen LogP contribution in [0.15, 0.2) is 30.3 Å². The number of β-lactam (4-membered cyclic amide) rings is 1. The molecule has 1 aromatic rings. The molecule has 2 atom stereocenters. The second-order valence-electron chi connectivity index (χ2n) is 8.49. The van der Waals surface area contributed by atoms with Crippen molar-refractivity contribution in [1.82, 2.24) is 4.57 Å². The molecule has 0 saturated carbocycles. The largest absolute Gasteiger partial charge is 0.459 e. The number of hydrogen-bond donors (Lipinski definition) is 0. The Kier molecular flexibility index (Phi) is 6.93. The molecule has 0 spiro atoms. The summed E-state index contributed by atoms with van der Waals surface area (Å²) in [4.78, 5) is 25.8. The number of carbonyl (C=O) groups excluding carboxylic acids is 2. The van der Waals surface area contributed by atoms with Crippen LogP contribution in [0.1, 0.15) is 39.2 Å². The molecule has 2 rings (SSSR count). The van der Waals surface area contributed by atoms with Gasteiger partial charge >= 0.3 is 5.97 Å². The van der Waals surface area contributed by atoms with E-state index in [0.717, 1.165) is 22.8 Å². The number of esters is 1. The highest BCUT2D eigenvalue weighted by Crippen LogP contribution is 2.46. The molecule has 1 aliphatic rings. The Balaban J connectivity index is 2.17. The maximum absolute atomic E-state index is 12.9. The molecular formula is C20H30INO3Si. The number of carbonyl (C=O) groups is 2. The van der Waals surface area contributed by atoms with Gasteiger partial charge in [-0.05, 0) is 27.9 Å². The van der Waals surface area contributed by atoms with E-state index in [0.29, 0.717) is 0 Å². The van der Waals surface area contributed by atoms with E-state index in [1.165, 1.54) is 0 Å². The maximum atomic E-state index is 12.9. The van der Waals surface area contributed by atoms with Crippen molar-refractivity contribution in [3.63, 3.8) is 0 Å². The minimum absolute atomic E-state index is 0.00511. The second-order valence-corrected chi connectivity index (χ2v) is 14.7. The Morgan fingerprint density at radius 1 is 1.23 bits per heavy atom. The molecule has 26 heavy (non-hydrogen) atoms. The molecule has 1 fully saturated rings. The highest BCUT2D eigenvalue weighted by molar-refractivity contribution is 14.1. The van der Waals surface area contributed by atoms with Crippen LogP contribution < -0.4 is 0 Å². The molecule has 0 radical (unpaired) electrons. The number of amides is 1.